The Labute approximate surface area is 148 Å². The van der Waals surface area contributed by atoms with E-state index >= 15 is 0 Å². The number of benzene rings is 2. The molecule has 0 saturated heterocycles. The largest absolute Gasteiger partial charge is 0.478 e. The first-order valence-electron chi connectivity index (χ1n) is 5.58. The summed E-state index contributed by atoms with van der Waals surface area (Å²) in [6.07, 6.45) is 0. The second-order valence-corrected chi connectivity index (χ2v) is 6.47. The van der Waals surface area contributed by atoms with Crippen LogP contribution >= 0.6 is 55.1 Å². The van der Waals surface area contributed by atoms with Crippen molar-refractivity contribution in [1.82, 2.24) is 0 Å². The highest BCUT2D eigenvalue weighted by atomic mass is 79.9. The molecule has 0 spiro atoms. The number of rotatable bonds is 2. The molecule has 21 heavy (non-hydrogen) atoms. The number of hydrogen-bond donors (Lipinski definition) is 2. The quantitative estimate of drug-likeness (QED) is 0.636. The number of carboxylic acids is 1. The minimum Gasteiger partial charge on any atom is -0.478 e. The summed E-state index contributed by atoms with van der Waals surface area (Å²) in [5.74, 6) is -1.01. The van der Waals surface area contributed by atoms with E-state index in [1.807, 2.05) is 6.07 Å². The third-order valence-electron chi connectivity index (χ3n) is 2.35. The molecule has 7 heteroatoms. The van der Waals surface area contributed by atoms with Crippen LogP contribution in [0.3, 0.4) is 0 Å². The van der Waals surface area contributed by atoms with Gasteiger partial charge in [0, 0.05) is 14.0 Å². The first-order chi connectivity index (χ1) is 9.85. The smallest absolute Gasteiger partial charge is 0.337 e. The summed E-state index contributed by atoms with van der Waals surface area (Å²) in [6.45, 7) is -0.00782. The topological polar surface area (TPSA) is 57.5 Å². The van der Waals surface area contributed by atoms with Crippen molar-refractivity contribution in [2.45, 2.75) is 6.61 Å². The molecule has 0 heterocycles. The summed E-state index contributed by atoms with van der Waals surface area (Å²) in [5.41, 5.74) is 0.875. The van der Waals surface area contributed by atoms with Gasteiger partial charge in [-0.25, -0.2) is 4.79 Å². The average molecular weight is 457 g/mol. The van der Waals surface area contributed by atoms with Crippen molar-refractivity contribution < 1.29 is 15.0 Å². The van der Waals surface area contributed by atoms with E-state index < -0.39 is 5.97 Å². The lowest BCUT2D eigenvalue weighted by Crippen LogP contribution is -1.96. The fraction of sp³-hybridized carbons (Fsp3) is 0.0714. The second kappa shape index (κ2) is 8.76. The van der Waals surface area contributed by atoms with Crippen LogP contribution in [0, 0.1) is 0 Å². The van der Waals surface area contributed by atoms with E-state index in [0.717, 1.165) is 14.5 Å². The fourth-order valence-electron chi connectivity index (χ4n) is 1.31. The van der Waals surface area contributed by atoms with Crippen LogP contribution in [-0.4, -0.2) is 16.2 Å². The van der Waals surface area contributed by atoms with Gasteiger partial charge in [0.2, 0.25) is 0 Å². The van der Waals surface area contributed by atoms with Crippen molar-refractivity contribution in [1.29, 1.82) is 0 Å². The van der Waals surface area contributed by atoms with Crippen molar-refractivity contribution >= 4 is 61.0 Å². The van der Waals surface area contributed by atoms with Gasteiger partial charge in [-0.2, -0.15) is 0 Å². The fourth-order valence-corrected chi connectivity index (χ4v) is 2.80. The molecule has 0 aliphatic heterocycles. The Kier molecular flexibility index (Phi) is 7.70. The first kappa shape index (κ1) is 18.5. The monoisotopic (exact) mass is 454 g/mol. The standard InChI is InChI=1S/C7H4BrClO2.C7H6BrClO/c8-4-1-2-5(7(10)11)6(9)3-4;8-6-2-1-5(4-10)7(9)3-6/h1-3H,(H,10,11);1-3,10H,4H2. The summed E-state index contributed by atoms with van der Waals surface area (Å²) in [5, 5.41) is 18.1. The molecule has 0 unspecified atom stereocenters. The zero-order valence-electron chi connectivity index (χ0n) is 10.5. The third-order valence-corrected chi connectivity index (χ3v) is 4.00. The highest BCUT2D eigenvalue weighted by Crippen LogP contribution is 2.21. The molecular weight excluding hydrogens is 447 g/mol. The molecule has 0 radical (unpaired) electrons. The molecule has 2 N–H and O–H groups in total. The molecule has 0 atom stereocenters. The molecule has 112 valence electrons. The third kappa shape index (κ3) is 5.96. The number of hydrogen-bond acceptors (Lipinski definition) is 2. The van der Waals surface area contributed by atoms with Crippen LogP contribution in [0.2, 0.25) is 10.0 Å². The number of carbonyl (C=O) groups is 1. The van der Waals surface area contributed by atoms with E-state index in [9.17, 15) is 4.79 Å². The molecule has 2 aromatic carbocycles. The Morgan fingerprint density at radius 1 is 1.00 bits per heavy atom. The van der Waals surface area contributed by atoms with Crippen LogP contribution in [-0.2, 0) is 6.61 Å². The lowest BCUT2D eigenvalue weighted by atomic mass is 10.2. The van der Waals surface area contributed by atoms with E-state index in [4.69, 9.17) is 33.4 Å². The molecule has 0 fully saturated rings. The molecule has 2 aromatic rings. The Morgan fingerprint density at radius 3 is 1.95 bits per heavy atom. The van der Waals surface area contributed by atoms with E-state index in [0.29, 0.717) is 5.02 Å². The van der Waals surface area contributed by atoms with E-state index in [1.165, 1.54) is 6.07 Å². The van der Waals surface area contributed by atoms with Gasteiger partial charge in [0.25, 0.3) is 0 Å². The molecule has 3 nitrogen and oxygen atoms in total. The van der Waals surface area contributed by atoms with Gasteiger partial charge in [-0.1, -0.05) is 61.1 Å². The second-order valence-electron chi connectivity index (χ2n) is 3.82. The van der Waals surface area contributed by atoms with Gasteiger partial charge >= 0.3 is 5.97 Å². The zero-order chi connectivity index (χ0) is 16.0. The van der Waals surface area contributed by atoms with Crippen molar-refractivity contribution in [3.05, 3.63) is 66.5 Å². The molecule has 0 aliphatic rings. The van der Waals surface area contributed by atoms with Crippen LogP contribution in [0.15, 0.2) is 45.3 Å². The normalized spacial score (nSPS) is 9.76. The maximum absolute atomic E-state index is 10.4. The zero-order valence-corrected chi connectivity index (χ0v) is 15.2. The Balaban J connectivity index is 0.000000211. The molecule has 2 rings (SSSR count). The van der Waals surface area contributed by atoms with Crippen molar-refractivity contribution in [2.75, 3.05) is 0 Å². The van der Waals surface area contributed by atoms with Gasteiger partial charge in [-0.05, 0) is 35.9 Å². The van der Waals surface area contributed by atoms with Crippen molar-refractivity contribution in [3.63, 3.8) is 0 Å². The van der Waals surface area contributed by atoms with Crippen LogP contribution in [0.25, 0.3) is 0 Å². The van der Waals surface area contributed by atoms with Gasteiger partial charge in [0.15, 0.2) is 0 Å². The molecule has 0 amide bonds. The minimum atomic E-state index is -1.01. The maximum Gasteiger partial charge on any atom is 0.337 e. The molecule has 0 saturated carbocycles. The van der Waals surface area contributed by atoms with Crippen molar-refractivity contribution in [2.24, 2.45) is 0 Å². The van der Waals surface area contributed by atoms with Crippen LogP contribution in [0.4, 0.5) is 0 Å². The highest BCUT2D eigenvalue weighted by Gasteiger charge is 2.07. The molecule has 0 aromatic heterocycles. The molecular formula is C14H10Br2Cl2O3. The molecule has 0 bridgehead atoms. The van der Waals surface area contributed by atoms with E-state index in [1.54, 1.807) is 24.3 Å². The van der Waals surface area contributed by atoms with Crippen LogP contribution in [0.1, 0.15) is 15.9 Å². The Hall–Kier alpha value is -0.590. The summed E-state index contributed by atoms with van der Waals surface area (Å²) in [4.78, 5) is 10.4. The number of aliphatic hydroxyl groups excluding tert-OH is 1. The summed E-state index contributed by atoms with van der Waals surface area (Å²) >= 11 is 17.8. The van der Waals surface area contributed by atoms with Crippen LogP contribution < -0.4 is 0 Å². The predicted molar refractivity (Wildman–Crippen MR) is 91.2 cm³/mol. The maximum atomic E-state index is 10.4. The lowest BCUT2D eigenvalue weighted by molar-refractivity contribution is 0.0697. The highest BCUT2D eigenvalue weighted by molar-refractivity contribution is 9.10. The van der Waals surface area contributed by atoms with Crippen molar-refractivity contribution in [3.8, 4) is 0 Å². The summed E-state index contributed by atoms with van der Waals surface area (Å²) < 4.78 is 1.70. The predicted octanol–water partition coefficient (Wildman–Crippen LogP) is 5.40. The number of aromatic carboxylic acids is 1. The number of halogens is 4. The lowest BCUT2D eigenvalue weighted by Gasteiger charge is -1.98. The summed E-state index contributed by atoms with van der Waals surface area (Å²) in [7, 11) is 0. The number of aliphatic hydroxyl groups is 1. The van der Waals surface area contributed by atoms with E-state index in [2.05, 4.69) is 31.9 Å². The summed E-state index contributed by atoms with van der Waals surface area (Å²) in [6, 6.07) is 10.0. The van der Waals surface area contributed by atoms with Gasteiger partial charge in [-0.3, -0.25) is 0 Å². The molecule has 0 aliphatic carbocycles. The number of carboxylic acid groups (broad SMARTS) is 1. The van der Waals surface area contributed by atoms with Gasteiger partial charge < -0.3 is 10.2 Å². The van der Waals surface area contributed by atoms with Gasteiger partial charge in [-0.15, -0.1) is 0 Å². The van der Waals surface area contributed by atoms with Gasteiger partial charge in [0.05, 0.1) is 17.2 Å². The Bertz CT molecular complexity index is 648. The van der Waals surface area contributed by atoms with Gasteiger partial charge in [0.1, 0.15) is 0 Å². The SMILES string of the molecule is O=C(O)c1ccc(Br)cc1Cl.OCc1ccc(Br)cc1Cl. The van der Waals surface area contributed by atoms with E-state index in [-0.39, 0.29) is 17.2 Å². The minimum absolute atomic E-state index is 0.00782. The average Bonchev–Trinajstić information content (AvgIpc) is 2.39. The Morgan fingerprint density at radius 2 is 1.52 bits per heavy atom. The first-order valence-corrected chi connectivity index (χ1v) is 7.92. The van der Waals surface area contributed by atoms with Crippen LogP contribution in [0.5, 0.6) is 0 Å².